The number of carbonyl (C=O) groups excluding carboxylic acids is 1. The number of ether oxygens (including phenoxy) is 1. The summed E-state index contributed by atoms with van der Waals surface area (Å²) < 4.78 is 5.51. The molecular formula is C12H11NO2. The fourth-order valence-electron chi connectivity index (χ4n) is 2.36. The van der Waals surface area contributed by atoms with E-state index in [0.717, 1.165) is 11.3 Å². The maximum absolute atomic E-state index is 11.6. The summed E-state index contributed by atoms with van der Waals surface area (Å²) in [5.41, 5.74) is 2.08. The van der Waals surface area contributed by atoms with Crippen molar-refractivity contribution in [2.45, 2.75) is 19.1 Å². The molecule has 2 aliphatic heterocycles. The third-order valence-electron chi connectivity index (χ3n) is 2.95. The van der Waals surface area contributed by atoms with Crippen molar-refractivity contribution < 1.29 is 9.53 Å². The van der Waals surface area contributed by atoms with Crippen LogP contribution in [0.3, 0.4) is 0 Å². The molecule has 2 heterocycles. The van der Waals surface area contributed by atoms with E-state index in [2.05, 4.69) is 0 Å². The summed E-state index contributed by atoms with van der Waals surface area (Å²) in [6.45, 7) is 1.59. The minimum atomic E-state index is -0.00917. The van der Waals surface area contributed by atoms with Crippen molar-refractivity contribution in [3.8, 4) is 0 Å². The molecule has 0 radical (unpaired) electrons. The molecular weight excluding hydrogens is 190 g/mol. The predicted octanol–water partition coefficient (Wildman–Crippen LogP) is 2.01. The fraction of sp³-hybridized carbons (Fsp3) is 0.250. The highest BCUT2D eigenvalue weighted by atomic mass is 16.5. The van der Waals surface area contributed by atoms with Gasteiger partial charge in [-0.15, -0.1) is 0 Å². The van der Waals surface area contributed by atoms with E-state index in [1.807, 2.05) is 30.3 Å². The highest BCUT2D eigenvalue weighted by molar-refractivity contribution is 5.95. The Bertz CT molecular complexity index is 453. The third-order valence-corrected chi connectivity index (χ3v) is 2.95. The van der Waals surface area contributed by atoms with Gasteiger partial charge < -0.3 is 9.64 Å². The molecule has 0 saturated heterocycles. The van der Waals surface area contributed by atoms with E-state index >= 15 is 0 Å². The number of benzene rings is 1. The van der Waals surface area contributed by atoms with Gasteiger partial charge in [0.2, 0.25) is 5.91 Å². The Kier molecular flexibility index (Phi) is 1.63. The van der Waals surface area contributed by atoms with Gasteiger partial charge in [-0.1, -0.05) is 18.2 Å². The van der Waals surface area contributed by atoms with Crippen LogP contribution in [0.4, 0.5) is 5.69 Å². The van der Waals surface area contributed by atoms with Gasteiger partial charge in [-0.3, -0.25) is 4.79 Å². The van der Waals surface area contributed by atoms with E-state index in [0.29, 0.717) is 0 Å². The summed E-state index contributed by atoms with van der Waals surface area (Å²) in [7, 11) is 0. The van der Waals surface area contributed by atoms with Gasteiger partial charge in [-0.25, -0.2) is 0 Å². The fourth-order valence-corrected chi connectivity index (χ4v) is 2.36. The molecule has 2 atom stereocenters. The lowest BCUT2D eigenvalue weighted by atomic mass is 10.1. The van der Waals surface area contributed by atoms with Crippen LogP contribution in [-0.4, -0.2) is 11.9 Å². The van der Waals surface area contributed by atoms with E-state index in [4.69, 9.17) is 4.74 Å². The Morgan fingerprint density at radius 1 is 1.40 bits per heavy atom. The van der Waals surface area contributed by atoms with E-state index in [1.165, 1.54) is 0 Å². The first-order valence-corrected chi connectivity index (χ1v) is 5.00. The van der Waals surface area contributed by atoms with E-state index in [9.17, 15) is 4.79 Å². The van der Waals surface area contributed by atoms with Crippen LogP contribution < -0.4 is 4.90 Å². The van der Waals surface area contributed by atoms with Crippen molar-refractivity contribution >= 4 is 11.6 Å². The molecule has 1 aromatic rings. The van der Waals surface area contributed by atoms with Gasteiger partial charge in [-0.2, -0.15) is 0 Å². The van der Waals surface area contributed by atoms with Gasteiger partial charge in [0.05, 0.1) is 18.0 Å². The molecule has 3 heteroatoms. The van der Waals surface area contributed by atoms with E-state index in [1.54, 1.807) is 18.1 Å². The summed E-state index contributed by atoms with van der Waals surface area (Å²) in [6, 6.07) is 7.94. The van der Waals surface area contributed by atoms with Crippen LogP contribution in [0.5, 0.6) is 0 Å². The van der Waals surface area contributed by atoms with Crippen LogP contribution in [0.1, 0.15) is 18.6 Å². The molecule has 0 aromatic heterocycles. The summed E-state index contributed by atoms with van der Waals surface area (Å²) in [5, 5.41) is 0. The van der Waals surface area contributed by atoms with Gasteiger partial charge in [0, 0.05) is 12.5 Å². The van der Waals surface area contributed by atoms with Crippen LogP contribution >= 0.6 is 0 Å². The van der Waals surface area contributed by atoms with Gasteiger partial charge in [0.15, 0.2) is 0 Å². The maximum Gasteiger partial charge on any atom is 0.224 e. The number of hydrogen-bond donors (Lipinski definition) is 0. The Balaban J connectivity index is 2.16. The monoisotopic (exact) mass is 201 g/mol. The number of hydrogen-bond acceptors (Lipinski definition) is 2. The number of fused-ring (bicyclic) bond motifs is 3. The number of carbonyl (C=O) groups is 1. The van der Waals surface area contributed by atoms with Crippen molar-refractivity contribution in [2.24, 2.45) is 0 Å². The van der Waals surface area contributed by atoms with Crippen LogP contribution in [0.25, 0.3) is 0 Å². The molecule has 1 amide bonds. The van der Waals surface area contributed by atoms with Gasteiger partial charge in [0.1, 0.15) is 6.10 Å². The zero-order chi connectivity index (χ0) is 10.4. The summed E-state index contributed by atoms with van der Waals surface area (Å²) in [6.07, 6.45) is 3.61. The largest absolute Gasteiger partial charge is 0.491 e. The van der Waals surface area contributed by atoms with E-state index in [-0.39, 0.29) is 18.1 Å². The van der Waals surface area contributed by atoms with Crippen LogP contribution in [-0.2, 0) is 9.53 Å². The molecule has 3 nitrogen and oxygen atoms in total. The van der Waals surface area contributed by atoms with Crippen molar-refractivity contribution in [2.75, 3.05) is 4.90 Å². The van der Waals surface area contributed by atoms with E-state index < -0.39 is 0 Å². The summed E-state index contributed by atoms with van der Waals surface area (Å²) in [4.78, 5) is 13.4. The highest BCUT2D eigenvalue weighted by Gasteiger charge is 2.42. The summed E-state index contributed by atoms with van der Waals surface area (Å²) >= 11 is 0. The highest BCUT2D eigenvalue weighted by Crippen LogP contribution is 2.44. The normalized spacial score (nSPS) is 26.1. The molecule has 15 heavy (non-hydrogen) atoms. The number of nitrogens with zero attached hydrogens (tertiary/aromatic N) is 1. The first-order valence-electron chi connectivity index (χ1n) is 5.00. The second kappa shape index (κ2) is 2.86. The minimum Gasteiger partial charge on any atom is -0.491 e. The zero-order valence-corrected chi connectivity index (χ0v) is 8.38. The topological polar surface area (TPSA) is 29.5 Å². The van der Waals surface area contributed by atoms with Crippen LogP contribution in [0.2, 0.25) is 0 Å². The van der Waals surface area contributed by atoms with Crippen molar-refractivity contribution in [3.05, 3.63) is 42.2 Å². The van der Waals surface area contributed by atoms with Crippen molar-refractivity contribution in [1.82, 2.24) is 0 Å². The van der Waals surface area contributed by atoms with Crippen LogP contribution in [0.15, 0.2) is 36.6 Å². The minimum absolute atomic E-state index is 0.00917. The SMILES string of the molecule is CC(=O)N1c2ccccc2C2OC=C[C@@H]21. The molecule has 0 N–H and O–H groups in total. The lowest BCUT2D eigenvalue weighted by molar-refractivity contribution is -0.117. The molecule has 0 fully saturated rings. The second-order valence-electron chi connectivity index (χ2n) is 3.82. The van der Waals surface area contributed by atoms with Crippen LogP contribution in [0, 0.1) is 0 Å². The standard InChI is InChI=1S/C12H11NO2/c1-8(14)13-10-5-3-2-4-9(10)12-11(13)6-7-15-12/h2-7,11-12H,1H3/t11-,12?/m0/s1. The Hall–Kier alpha value is -1.77. The van der Waals surface area contributed by atoms with Crippen molar-refractivity contribution in [1.29, 1.82) is 0 Å². The lowest BCUT2D eigenvalue weighted by Gasteiger charge is -2.20. The molecule has 0 saturated carbocycles. The molecule has 1 aromatic carbocycles. The average molecular weight is 201 g/mol. The number of rotatable bonds is 0. The van der Waals surface area contributed by atoms with Crippen molar-refractivity contribution in [3.63, 3.8) is 0 Å². The Labute approximate surface area is 88.0 Å². The average Bonchev–Trinajstić information content (AvgIpc) is 2.75. The third kappa shape index (κ3) is 1.03. The predicted molar refractivity (Wildman–Crippen MR) is 56.4 cm³/mol. The molecule has 3 rings (SSSR count). The molecule has 1 unspecified atom stereocenters. The van der Waals surface area contributed by atoms with Gasteiger partial charge in [0.25, 0.3) is 0 Å². The first-order chi connectivity index (χ1) is 7.29. The number of anilines is 1. The van der Waals surface area contributed by atoms with Gasteiger partial charge >= 0.3 is 0 Å². The smallest absolute Gasteiger partial charge is 0.224 e. The molecule has 0 bridgehead atoms. The Morgan fingerprint density at radius 3 is 3.00 bits per heavy atom. The molecule has 0 aliphatic carbocycles. The molecule has 76 valence electrons. The maximum atomic E-state index is 11.6. The zero-order valence-electron chi connectivity index (χ0n) is 8.38. The Morgan fingerprint density at radius 2 is 2.20 bits per heavy atom. The number of para-hydroxylation sites is 1. The lowest BCUT2D eigenvalue weighted by Crippen LogP contribution is -2.34. The molecule has 0 spiro atoms. The summed E-state index contributed by atoms with van der Waals surface area (Å²) in [5.74, 6) is 0.0603. The number of amides is 1. The first kappa shape index (κ1) is 8.53. The van der Waals surface area contributed by atoms with Gasteiger partial charge in [-0.05, 0) is 12.1 Å². The second-order valence-corrected chi connectivity index (χ2v) is 3.82. The molecule has 2 aliphatic rings. The quantitative estimate of drug-likeness (QED) is 0.642.